The maximum Gasteiger partial charge on any atom is 0.256 e. The Balaban J connectivity index is 2.50. The number of pyridine rings is 1. The van der Waals surface area contributed by atoms with Crippen LogP contribution in [-0.4, -0.2) is 18.0 Å². The van der Waals surface area contributed by atoms with Crippen molar-refractivity contribution < 1.29 is 9.53 Å². The molecule has 0 bridgehead atoms. The lowest BCUT2D eigenvalue weighted by Crippen LogP contribution is -2.03. The van der Waals surface area contributed by atoms with Gasteiger partial charge < -0.3 is 10.1 Å². The number of nitrogens with one attached hydrogen (secondary N) is 1. The van der Waals surface area contributed by atoms with Gasteiger partial charge in [0.2, 0.25) is 5.88 Å². The topological polar surface area (TPSA) is 51.2 Å². The molecule has 15 heavy (non-hydrogen) atoms. The van der Waals surface area contributed by atoms with Crippen LogP contribution in [0.2, 0.25) is 0 Å². The van der Waals surface area contributed by atoms with E-state index in [1.807, 2.05) is 12.1 Å². The summed E-state index contributed by atoms with van der Waals surface area (Å²) in [6, 6.07) is 5.53. The van der Waals surface area contributed by atoms with E-state index < -0.39 is 0 Å². The second-order valence-corrected chi connectivity index (χ2v) is 3.36. The molecule has 1 amide bonds. The molecule has 4 nitrogen and oxygen atoms in total. The number of hydrogen-bond acceptors (Lipinski definition) is 3. The number of carbonyl (C=O) groups excluding carboxylic acids is 1. The van der Waals surface area contributed by atoms with Crippen LogP contribution < -0.4 is 10.1 Å². The van der Waals surface area contributed by atoms with Gasteiger partial charge in [-0.25, -0.2) is 4.98 Å². The van der Waals surface area contributed by atoms with E-state index >= 15 is 0 Å². The summed E-state index contributed by atoms with van der Waals surface area (Å²) in [5, 5.41) is 4.53. The Morgan fingerprint density at radius 2 is 2.27 bits per heavy atom. The molecule has 4 heteroatoms. The zero-order chi connectivity index (χ0) is 10.4. The highest BCUT2D eigenvalue weighted by molar-refractivity contribution is 6.24. The zero-order valence-electron chi connectivity index (χ0n) is 8.07. The van der Waals surface area contributed by atoms with Crippen LogP contribution in [0.1, 0.15) is 10.4 Å². The van der Waals surface area contributed by atoms with Crippen molar-refractivity contribution in [2.24, 2.45) is 0 Å². The molecule has 0 unspecified atom stereocenters. The van der Waals surface area contributed by atoms with Crippen molar-refractivity contribution >= 4 is 22.4 Å². The van der Waals surface area contributed by atoms with Gasteiger partial charge in [0.25, 0.3) is 5.91 Å². The van der Waals surface area contributed by atoms with Crippen LogP contribution in [0.15, 0.2) is 24.4 Å². The number of carbonyl (C=O) groups is 1. The van der Waals surface area contributed by atoms with Crippen LogP contribution in [0.25, 0.3) is 10.8 Å². The van der Waals surface area contributed by atoms with Crippen LogP contribution in [-0.2, 0) is 0 Å². The van der Waals surface area contributed by atoms with Gasteiger partial charge in [0.1, 0.15) is 0 Å². The lowest BCUT2D eigenvalue weighted by Gasteiger charge is -2.04. The van der Waals surface area contributed by atoms with E-state index in [4.69, 9.17) is 4.74 Å². The fourth-order valence-corrected chi connectivity index (χ4v) is 1.91. The van der Waals surface area contributed by atoms with Crippen LogP contribution in [0.4, 0.5) is 5.69 Å². The molecule has 0 saturated heterocycles. The fourth-order valence-electron chi connectivity index (χ4n) is 1.91. The maximum atomic E-state index is 11.6. The molecule has 0 atom stereocenters. The average Bonchev–Trinajstić information content (AvgIpc) is 2.59. The first-order valence-corrected chi connectivity index (χ1v) is 4.58. The normalized spacial score (nSPS) is 13.0. The summed E-state index contributed by atoms with van der Waals surface area (Å²) in [6.07, 6.45) is 1.62. The van der Waals surface area contributed by atoms with E-state index in [9.17, 15) is 4.79 Å². The highest BCUT2D eigenvalue weighted by atomic mass is 16.5. The van der Waals surface area contributed by atoms with E-state index in [1.165, 1.54) is 0 Å². The van der Waals surface area contributed by atoms with Gasteiger partial charge in [0, 0.05) is 16.3 Å². The number of rotatable bonds is 1. The minimum Gasteiger partial charge on any atom is -0.481 e. The Morgan fingerprint density at radius 1 is 1.40 bits per heavy atom. The molecule has 1 aromatic heterocycles. The molecule has 1 aliphatic heterocycles. The number of anilines is 1. The molecule has 74 valence electrons. The predicted octanol–water partition coefficient (Wildman–Crippen LogP) is 1.81. The van der Waals surface area contributed by atoms with Crippen molar-refractivity contribution in [2.75, 3.05) is 12.4 Å². The summed E-state index contributed by atoms with van der Waals surface area (Å²) in [5.74, 6) is 0.470. The van der Waals surface area contributed by atoms with E-state index in [0.29, 0.717) is 11.4 Å². The van der Waals surface area contributed by atoms with Crippen molar-refractivity contribution in [1.29, 1.82) is 0 Å². The van der Waals surface area contributed by atoms with Crippen LogP contribution in [0.5, 0.6) is 5.88 Å². The number of hydrogen-bond donors (Lipinski definition) is 1. The molecule has 0 radical (unpaired) electrons. The van der Waals surface area contributed by atoms with E-state index in [2.05, 4.69) is 10.3 Å². The van der Waals surface area contributed by atoms with Gasteiger partial charge in [0.05, 0.1) is 19.0 Å². The van der Waals surface area contributed by atoms with Crippen molar-refractivity contribution in [3.8, 4) is 5.88 Å². The Bertz CT molecular complexity index is 578. The Kier molecular flexibility index (Phi) is 1.48. The molecule has 1 aliphatic rings. The monoisotopic (exact) mass is 200 g/mol. The van der Waals surface area contributed by atoms with Gasteiger partial charge in [-0.15, -0.1) is 0 Å². The molecule has 1 N–H and O–H groups in total. The number of benzene rings is 1. The van der Waals surface area contributed by atoms with Gasteiger partial charge in [-0.05, 0) is 12.1 Å². The quantitative estimate of drug-likeness (QED) is 0.763. The fraction of sp³-hybridized carbons (Fsp3) is 0.0909. The summed E-state index contributed by atoms with van der Waals surface area (Å²) in [6.45, 7) is 0. The molecule has 2 aromatic rings. The third kappa shape index (κ3) is 0.958. The minimum absolute atomic E-state index is 0.0781. The van der Waals surface area contributed by atoms with Gasteiger partial charge in [-0.1, -0.05) is 6.07 Å². The molecule has 0 saturated carbocycles. The van der Waals surface area contributed by atoms with Gasteiger partial charge >= 0.3 is 0 Å². The summed E-state index contributed by atoms with van der Waals surface area (Å²) < 4.78 is 5.15. The molecule has 1 aromatic carbocycles. The minimum atomic E-state index is -0.0781. The second kappa shape index (κ2) is 2.70. The number of methoxy groups -OCH3 is 1. The Morgan fingerprint density at radius 3 is 3.07 bits per heavy atom. The number of amides is 1. The second-order valence-electron chi connectivity index (χ2n) is 3.36. The molecule has 3 rings (SSSR count). The van der Waals surface area contributed by atoms with Gasteiger partial charge in [-0.2, -0.15) is 0 Å². The Hall–Kier alpha value is -2.10. The third-order valence-electron chi connectivity index (χ3n) is 2.56. The Labute approximate surface area is 85.9 Å². The van der Waals surface area contributed by atoms with Gasteiger partial charge in [-0.3, -0.25) is 4.79 Å². The first kappa shape index (κ1) is 8.23. The zero-order valence-corrected chi connectivity index (χ0v) is 8.07. The van der Waals surface area contributed by atoms with Crippen molar-refractivity contribution in [3.05, 3.63) is 30.0 Å². The number of aromatic nitrogens is 1. The third-order valence-corrected chi connectivity index (χ3v) is 2.56. The lowest BCUT2D eigenvalue weighted by molar-refractivity contribution is 0.103. The lowest BCUT2D eigenvalue weighted by atomic mass is 10.1. The summed E-state index contributed by atoms with van der Waals surface area (Å²) in [5.41, 5.74) is 1.44. The average molecular weight is 200 g/mol. The molecule has 0 fully saturated rings. The van der Waals surface area contributed by atoms with Gasteiger partial charge in [0.15, 0.2) is 0 Å². The molecule has 0 aliphatic carbocycles. The van der Waals surface area contributed by atoms with Crippen LogP contribution >= 0.6 is 0 Å². The summed E-state index contributed by atoms with van der Waals surface area (Å²) in [4.78, 5) is 15.7. The largest absolute Gasteiger partial charge is 0.481 e. The van der Waals surface area contributed by atoms with Crippen molar-refractivity contribution in [3.63, 3.8) is 0 Å². The van der Waals surface area contributed by atoms with Crippen LogP contribution in [0.3, 0.4) is 0 Å². The highest BCUT2D eigenvalue weighted by Crippen LogP contribution is 2.36. The highest BCUT2D eigenvalue weighted by Gasteiger charge is 2.22. The predicted molar refractivity (Wildman–Crippen MR) is 56.2 cm³/mol. The molecular weight excluding hydrogens is 192 g/mol. The first-order chi connectivity index (χ1) is 7.31. The van der Waals surface area contributed by atoms with E-state index in [0.717, 1.165) is 16.5 Å². The van der Waals surface area contributed by atoms with Crippen molar-refractivity contribution in [1.82, 2.24) is 4.98 Å². The first-order valence-electron chi connectivity index (χ1n) is 4.58. The summed E-state index contributed by atoms with van der Waals surface area (Å²) in [7, 11) is 1.57. The SMILES string of the molecule is COc1ncc2c3c(cccc13)C(=O)N2. The molecule has 0 spiro atoms. The summed E-state index contributed by atoms with van der Waals surface area (Å²) >= 11 is 0. The molecule has 2 heterocycles. The van der Waals surface area contributed by atoms with Crippen molar-refractivity contribution in [2.45, 2.75) is 0 Å². The number of nitrogens with zero attached hydrogens (tertiary/aromatic N) is 1. The number of ether oxygens (including phenoxy) is 1. The standard InChI is InChI=1S/C11H8N2O2/c1-15-11-7-4-2-3-6-9(7)8(5-12-11)13-10(6)14/h2-5H,1H3,(H,13,14). The van der Waals surface area contributed by atoms with E-state index in [-0.39, 0.29) is 5.91 Å². The van der Waals surface area contributed by atoms with E-state index in [1.54, 1.807) is 19.4 Å². The smallest absolute Gasteiger partial charge is 0.256 e. The molecular formula is C11H8N2O2. The van der Waals surface area contributed by atoms with Crippen LogP contribution in [0, 0.1) is 0 Å². The maximum absolute atomic E-state index is 11.6.